The molecule has 1 heterocycles. The molecule has 0 fully saturated rings. The highest BCUT2D eigenvalue weighted by Crippen LogP contribution is 2.28. The third kappa shape index (κ3) is 6.48. The van der Waals surface area contributed by atoms with Crippen LogP contribution in [0.2, 0.25) is 5.02 Å². The maximum atomic E-state index is 13.1. The number of para-hydroxylation sites is 1. The summed E-state index contributed by atoms with van der Waals surface area (Å²) < 4.78 is 49.9. The third-order valence-electron chi connectivity index (χ3n) is 5.34. The number of carbonyl (C=O) groups is 1. The Balaban J connectivity index is 1.82. The van der Waals surface area contributed by atoms with Gasteiger partial charge in [0.2, 0.25) is 0 Å². The number of methoxy groups -OCH3 is 1. The molecular weight excluding hydrogens is 495 g/mol. The molecule has 1 aromatic heterocycles. The maximum Gasteiger partial charge on any atom is 0.429 e. The maximum absolute atomic E-state index is 13.1. The molecule has 188 valence electrons. The standard InChI is InChI=1S/C26H23ClF3N3O3/c1-15-13-32-22(16(2)24(15)35-3)14-36-25(34)18-10-8-17(9-11-18)21(12-23(31)26(28,29)30)33-20-7-5-4-6-19(20)27/h4-11,13,31H,12,14H2,1-3H3. The molecule has 1 N–H and O–H groups in total. The zero-order valence-corrected chi connectivity index (χ0v) is 20.5. The summed E-state index contributed by atoms with van der Waals surface area (Å²) >= 11 is 6.12. The van der Waals surface area contributed by atoms with E-state index in [9.17, 15) is 18.0 Å². The van der Waals surface area contributed by atoms with Crippen molar-refractivity contribution in [2.24, 2.45) is 4.99 Å². The van der Waals surface area contributed by atoms with Crippen molar-refractivity contribution in [3.8, 4) is 5.75 Å². The van der Waals surface area contributed by atoms with Gasteiger partial charge in [0.15, 0.2) is 0 Å². The molecule has 0 aliphatic heterocycles. The lowest BCUT2D eigenvalue weighted by molar-refractivity contribution is -0.0605. The summed E-state index contributed by atoms with van der Waals surface area (Å²) in [4.78, 5) is 21.1. The van der Waals surface area contributed by atoms with Crippen LogP contribution in [-0.2, 0) is 11.3 Å². The monoisotopic (exact) mass is 517 g/mol. The van der Waals surface area contributed by atoms with Crippen molar-refractivity contribution in [2.75, 3.05) is 7.11 Å². The smallest absolute Gasteiger partial charge is 0.429 e. The van der Waals surface area contributed by atoms with Crippen LogP contribution in [0.3, 0.4) is 0 Å². The molecule has 0 bridgehead atoms. The third-order valence-corrected chi connectivity index (χ3v) is 5.66. The number of hydrogen-bond donors (Lipinski definition) is 1. The van der Waals surface area contributed by atoms with Gasteiger partial charge in [-0.25, -0.2) is 4.79 Å². The van der Waals surface area contributed by atoms with Gasteiger partial charge in [-0.05, 0) is 43.7 Å². The zero-order valence-electron chi connectivity index (χ0n) is 19.7. The normalized spacial score (nSPS) is 11.8. The summed E-state index contributed by atoms with van der Waals surface area (Å²) in [5.41, 5.74) is 1.46. The number of ether oxygens (including phenoxy) is 2. The van der Waals surface area contributed by atoms with E-state index in [1.54, 1.807) is 37.6 Å². The zero-order chi connectivity index (χ0) is 26.5. The molecule has 36 heavy (non-hydrogen) atoms. The number of carbonyl (C=O) groups excluding carboxylic acids is 1. The van der Waals surface area contributed by atoms with Gasteiger partial charge in [0.1, 0.15) is 18.1 Å². The highest BCUT2D eigenvalue weighted by molar-refractivity contribution is 6.33. The van der Waals surface area contributed by atoms with Crippen molar-refractivity contribution in [1.82, 2.24) is 4.98 Å². The predicted molar refractivity (Wildman–Crippen MR) is 132 cm³/mol. The summed E-state index contributed by atoms with van der Waals surface area (Å²) in [6.07, 6.45) is -3.93. The van der Waals surface area contributed by atoms with Crippen molar-refractivity contribution >= 4 is 34.7 Å². The Morgan fingerprint density at radius 3 is 2.33 bits per heavy atom. The quantitative estimate of drug-likeness (QED) is 0.263. The number of nitrogens with zero attached hydrogens (tertiary/aromatic N) is 2. The van der Waals surface area contributed by atoms with Crippen LogP contribution >= 0.6 is 11.6 Å². The van der Waals surface area contributed by atoms with E-state index in [4.69, 9.17) is 26.5 Å². The molecule has 3 aromatic rings. The van der Waals surface area contributed by atoms with Crippen LogP contribution in [0.25, 0.3) is 0 Å². The number of alkyl halides is 3. The first-order valence-electron chi connectivity index (χ1n) is 10.7. The van der Waals surface area contributed by atoms with Crippen LogP contribution in [0.15, 0.2) is 59.7 Å². The molecule has 6 nitrogen and oxygen atoms in total. The molecule has 0 atom stereocenters. The van der Waals surface area contributed by atoms with Crippen LogP contribution in [-0.4, -0.2) is 35.7 Å². The molecule has 0 aliphatic carbocycles. The summed E-state index contributed by atoms with van der Waals surface area (Å²) in [6.45, 7) is 3.59. The molecule has 3 rings (SSSR count). The predicted octanol–water partition coefficient (Wildman–Crippen LogP) is 6.81. The van der Waals surface area contributed by atoms with Crippen molar-refractivity contribution in [3.05, 3.63) is 87.7 Å². The SMILES string of the molecule is COc1c(C)cnc(COC(=O)c2ccc(C(CC(=N)C(F)(F)F)=Nc3ccccc3Cl)cc2)c1C. The van der Waals surface area contributed by atoms with Crippen LogP contribution < -0.4 is 4.74 Å². The molecule has 0 amide bonds. The van der Waals surface area contributed by atoms with Crippen LogP contribution in [0.1, 0.15) is 39.2 Å². The largest absolute Gasteiger partial charge is 0.496 e. The van der Waals surface area contributed by atoms with Crippen LogP contribution in [0.5, 0.6) is 5.75 Å². The van der Waals surface area contributed by atoms with E-state index in [1.165, 1.54) is 24.3 Å². The Labute approximate surface area is 211 Å². The van der Waals surface area contributed by atoms with Crippen molar-refractivity contribution < 1.29 is 27.4 Å². The number of aliphatic imine (C=N–C) groups is 1. The molecule has 10 heteroatoms. The number of nitrogens with one attached hydrogen (secondary N) is 1. The second-order valence-corrected chi connectivity index (χ2v) is 8.27. The second-order valence-electron chi connectivity index (χ2n) is 7.86. The molecule has 0 spiro atoms. The number of aromatic nitrogens is 1. The number of pyridine rings is 1. The number of hydrogen-bond acceptors (Lipinski definition) is 6. The van der Waals surface area contributed by atoms with Gasteiger partial charge in [-0.15, -0.1) is 0 Å². The van der Waals surface area contributed by atoms with E-state index in [0.717, 1.165) is 11.1 Å². The minimum atomic E-state index is -4.80. The molecule has 0 saturated heterocycles. The van der Waals surface area contributed by atoms with E-state index in [-0.39, 0.29) is 28.6 Å². The van der Waals surface area contributed by atoms with E-state index in [1.807, 2.05) is 13.8 Å². The number of benzene rings is 2. The Hall–Kier alpha value is -3.72. The molecule has 2 aromatic carbocycles. The Kier molecular flexibility index (Phi) is 8.47. The number of esters is 1. The van der Waals surface area contributed by atoms with E-state index < -0.39 is 24.3 Å². The minimum absolute atomic E-state index is 0.0167. The van der Waals surface area contributed by atoms with E-state index in [0.29, 0.717) is 17.0 Å². The van der Waals surface area contributed by atoms with Gasteiger partial charge in [0.05, 0.1) is 34.8 Å². The molecule has 0 saturated carbocycles. The van der Waals surface area contributed by atoms with Gasteiger partial charge < -0.3 is 14.9 Å². The number of rotatable bonds is 8. The number of halogens is 4. The van der Waals surface area contributed by atoms with Crippen molar-refractivity contribution in [2.45, 2.75) is 33.1 Å². The van der Waals surface area contributed by atoms with Gasteiger partial charge in [-0.3, -0.25) is 9.98 Å². The topological polar surface area (TPSA) is 84.6 Å². The summed E-state index contributed by atoms with van der Waals surface area (Å²) in [7, 11) is 1.55. The van der Waals surface area contributed by atoms with Gasteiger partial charge in [0, 0.05) is 23.7 Å². The first-order valence-corrected chi connectivity index (χ1v) is 11.1. The van der Waals surface area contributed by atoms with Gasteiger partial charge in [-0.2, -0.15) is 13.2 Å². The Bertz CT molecular complexity index is 1310. The molecular formula is C26H23ClF3N3O3. The lowest BCUT2D eigenvalue weighted by Gasteiger charge is -2.13. The van der Waals surface area contributed by atoms with Crippen molar-refractivity contribution in [3.63, 3.8) is 0 Å². The lowest BCUT2D eigenvalue weighted by Crippen LogP contribution is -2.25. The molecule has 0 radical (unpaired) electrons. The van der Waals surface area contributed by atoms with Crippen molar-refractivity contribution in [1.29, 1.82) is 5.41 Å². The average Bonchev–Trinajstić information content (AvgIpc) is 2.84. The fourth-order valence-corrected chi connectivity index (χ4v) is 3.57. The number of aryl methyl sites for hydroxylation is 1. The Morgan fingerprint density at radius 1 is 1.08 bits per heavy atom. The van der Waals surface area contributed by atoms with Crippen LogP contribution in [0, 0.1) is 19.3 Å². The fourth-order valence-electron chi connectivity index (χ4n) is 3.39. The fraction of sp³-hybridized carbons (Fsp3) is 0.231. The average molecular weight is 518 g/mol. The summed E-state index contributed by atoms with van der Waals surface area (Å²) in [5, 5.41) is 7.67. The first kappa shape index (κ1) is 26.9. The van der Waals surface area contributed by atoms with E-state index >= 15 is 0 Å². The molecule has 0 aliphatic rings. The summed E-state index contributed by atoms with van der Waals surface area (Å²) in [6, 6.07) is 12.2. The van der Waals surface area contributed by atoms with Gasteiger partial charge >= 0.3 is 12.1 Å². The molecule has 0 unspecified atom stereocenters. The minimum Gasteiger partial charge on any atom is -0.496 e. The highest BCUT2D eigenvalue weighted by atomic mass is 35.5. The van der Waals surface area contributed by atoms with E-state index in [2.05, 4.69) is 9.98 Å². The lowest BCUT2D eigenvalue weighted by atomic mass is 10.0. The second kappa shape index (κ2) is 11.3. The highest BCUT2D eigenvalue weighted by Gasteiger charge is 2.35. The van der Waals surface area contributed by atoms with Gasteiger partial charge in [0.25, 0.3) is 0 Å². The first-order chi connectivity index (χ1) is 17.0. The Morgan fingerprint density at radius 2 is 1.72 bits per heavy atom. The van der Waals surface area contributed by atoms with Gasteiger partial charge in [-0.1, -0.05) is 35.9 Å². The summed E-state index contributed by atoms with van der Waals surface area (Å²) in [5.74, 6) is 0.0325. The van der Waals surface area contributed by atoms with Crippen LogP contribution in [0.4, 0.5) is 18.9 Å².